The van der Waals surface area contributed by atoms with Crippen LogP contribution in [0.2, 0.25) is 0 Å². The van der Waals surface area contributed by atoms with Crippen molar-refractivity contribution >= 4 is 26.0 Å². The largest absolute Gasteiger partial charge is 0.274 e. The zero-order valence-corrected chi connectivity index (χ0v) is 11.3. The Morgan fingerprint density at radius 3 is 2.22 bits per heavy atom. The summed E-state index contributed by atoms with van der Waals surface area (Å²) in [6.45, 7) is 3.55. The lowest BCUT2D eigenvalue weighted by Crippen LogP contribution is -2.15. The number of aromatic nitrogens is 1. The van der Waals surface area contributed by atoms with E-state index in [1.165, 1.54) is 12.3 Å². The average molecular weight is 335 g/mol. The summed E-state index contributed by atoms with van der Waals surface area (Å²) in [5, 5.41) is 0. The Hall–Kier alpha value is -1.21. The molecule has 0 spiro atoms. The molecule has 0 bridgehead atoms. The van der Waals surface area contributed by atoms with E-state index in [0.717, 1.165) is 22.2 Å². The Morgan fingerprint density at radius 2 is 1.78 bits per heavy atom. The molecule has 1 aromatic heterocycles. The van der Waals surface area contributed by atoms with Crippen molar-refractivity contribution in [1.82, 2.24) is 3.97 Å². The third kappa shape index (κ3) is 2.08. The molecule has 3 nitrogen and oxygen atoms in total. The number of hydrogen-bond acceptors (Lipinski definition) is 2. The molecule has 7 heteroatoms. The van der Waals surface area contributed by atoms with E-state index < -0.39 is 26.6 Å². The summed E-state index contributed by atoms with van der Waals surface area (Å²) >= 11 is 3.00. The van der Waals surface area contributed by atoms with Gasteiger partial charge in [-0.3, -0.25) is 0 Å². The van der Waals surface area contributed by atoms with Crippen molar-refractivity contribution < 1.29 is 17.2 Å². The molecule has 0 saturated heterocycles. The molecule has 2 aromatic rings. The standard InChI is InChI=1S/C11H7BrF2NO2S/c1-7-5-10(12)15(6-7)18(16,17)11-8(13)3-2-4-9(11)14/h2-6H,1H2. The Balaban J connectivity index is 2.74. The van der Waals surface area contributed by atoms with Gasteiger partial charge in [-0.1, -0.05) is 6.07 Å². The zero-order chi connectivity index (χ0) is 13.5. The number of nitrogens with zero attached hydrogens (tertiary/aromatic N) is 1. The van der Waals surface area contributed by atoms with E-state index in [2.05, 4.69) is 22.9 Å². The van der Waals surface area contributed by atoms with Crippen LogP contribution in [0.1, 0.15) is 5.56 Å². The second kappa shape index (κ2) is 4.47. The molecule has 0 aliphatic carbocycles. The average Bonchev–Trinajstić information content (AvgIpc) is 2.57. The fraction of sp³-hybridized carbons (Fsp3) is 0. The Kier molecular flexibility index (Phi) is 3.29. The van der Waals surface area contributed by atoms with Gasteiger partial charge in [0.15, 0.2) is 4.90 Å². The first-order valence-corrected chi connectivity index (χ1v) is 6.97. The first kappa shape index (κ1) is 13.2. The molecule has 0 saturated carbocycles. The predicted octanol–water partition coefficient (Wildman–Crippen LogP) is 2.95. The molecule has 0 unspecified atom stereocenters. The van der Waals surface area contributed by atoms with Gasteiger partial charge in [-0.25, -0.2) is 21.2 Å². The van der Waals surface area contributed by atoms with Gasteiger partial charge in [0, 0.05) is 6.20 Å². The molecular weight excluding hydrogens is 328 g/mol. The van der Waals surface area contributed by atoms with Crippen molar-refractivity contribution in [2.75, 3.05) is 0 Å². The highest BCUT2D eigenvalue weighted by molar-refractivity contribution is 9.10. The van der Waals surface area contributed by atoms with Gasteiger partial charge in [0.05, 0.1) is 0 Å². The molecule has 0 aliphatic rings. The fourth-order valence-electron chi connectivity index (χ4n) is 1.48. The second-order valence-corrected chi connectivity index (χ2v) is 6.09. The molecule has 1 radical (unpaired) electrons. The predicted molar refractivity (Wildman–Crippen MR) is 65.5 cm³/mol. The molecule has 18 heavy (non-hydrogen) atoms. The van der Waals surface area contributed by atoms with E-state index in [0.29, 0.717) is 5.56 Å². The molecule has 1 aromatic carbocycles. The summed E-state index contributed by atoms with van der Waals surface area (Å²) in [6, 6.07) is 4.30. The molecular formula is C11H7BrF2NO2S. The SMILES string of the molecule is [CH2]c1cc(Br)n(S(=O)(=O)c2c(F)cccc2F)c1. The Bertz CT molecular complexity index is 690. The minimum Gasteiger partial charge on any atom is -0.235 e. The molecule has 95 valence electrons. The monoisotopic (exact) mass is 334 g/mol. The zero-order valence-electron chi connectivity index (χ0n) is 8.90. The minimum absolute atomic E-state index is 0.148. The van der Waals surface area contributed by atoms with Gasteiger partial charge in [-0.15, -0.1) is 0 Å². The highest BCUT2D eigenvalue weighted by atomic mass is 79.9. The first-order valence-electron chi connectivity index (χ1n) is 4.73. The Morgan fingerprint density at radius 1 is 1.22 bits per heavy atom. The van der Waals surface area contributed by atoms with E-state index in [9.17, 15) is 17.2 Å². The van der Waals surface area contributed by atoms with Crippen LogP contribution in [0.3, 0.4) is 0 Å². The maximum Gasteiger partial charge on any atom is 0.274 e. The van der Waals surface area contributed by atoms with Crippen LogP contribution < -0.4 is 0 Å². The quantitative estimate of drug-likeness (QED) is 0.847. The lowest BCUT2D eigenvalue weighted by Gasteiger charge is -2.08. The van der Waals surface area contributed by atoms with Gasteiger partial charge in [0.25, 0.3) is 10.0 Å². The van der Waals surface area contributed by atoms with Gasteiger partial charge < -0.3 is 0 Å². The Labute approximate surface area is 111 Å². The molecule has 0 aliphatic heterocycles. The van der Waals surface area contributed by atoms with E-state index in [-0.39, 0.29) is 4.60 Å². The number of hydrogen-bond donors (Lipinski definition) is 0. The van der Waals surface area contributed by atoms with Crippen LogP contribution in [0.15, 0.2) is 40.0 Å². The molecule has 1 heterocycles. The molecule has 0 amide bonds. The maximum atomic E-state index is 13.5. The maximum absolute atomic E-state index is 13.5. The van der Waals surface area contributed by atoms with Crippen molar-refractivity contribution in [1.29, 1.82) is 0 Å². The highest BCUT2D eigenvalue weighted by Gasteiger charge is 2.27. The van der Waals surface area contributed by atoms with Crippen LogP contribution in [-0.2, 0) is 10.0 Å². The lowest BCUT2D eigenvalue weighted by molar-refractivity contribution is 0.515. The number of halogens is 3. The number of rotatable bonds is 2. The number of benzene rings is 1. The van der Waals surface area contributed by atoms with Gasteiger partial charge in [0.1, 0.15) is 16.2 Å². The summed E-state index contributed by atoms with van der Waals surface area (Å²) in [7, 11) is -4.33. The van der Waals surface area contributed by atoms with Crippen molar-refractivity contribution in [3.05, 3.63) is 59.2 Å². The van der Waals surface area contributed by atoms with Gasteiger partial charge in [0.2, 0.25) is 0 Å². The lowest BCUT2D eigenvalue weighted by atomic mass is 10.3. The topological polar surface area (TPSA) is 39.1 Å². The smallest absolute Gasteiger partial charge is 0.235 e. The van der Waals surface area contributed by atoms with E-state index in [4.69, 9.17) is 0 Å². The summed E-state index contributed by atoms with van der Waals surface area (Å²) in [5.41, 5.74) is 0.405. The van der Waals surface area contributed by atoms with Crippen molar-refractivity contribution in [3.8, 4) is 0 Å². The normalized spacial score (nSPS) is 11.8. The van der Waals surface area contributed by atoms with Crippen LogP contribution in [0, 0.1) is 18.6 Å². The van der Waals surface area contributed by atoms with Gasteiger partial charge in [-0.2, -0.15) is 0 Å². The second-order valence-electron chi connectivity index (χ2n) is 3.52. The van der Waals surface area contributed by atoms with Crippen LogP contribution >= 0.6 is 15.9 Å². The molecule has 0 fully saturated rings. The molecule has 0 atom stereocenters. The van der Waals surface area contributed by atoms with Gasteiger partial charge >= 0.3 is 0 Å². The van der Waals surface area contributed by atoms with E-state index in [1.54, 1.807) is 0 Å². The van der Waals surface area contributed by atoms with Crippen molar-refractivity contribution in [2.24, 2.45) is 0 Å². The summed E-state index contributed by atoms with van der Waals surface area (Å²) in [4.78, 5) is -0.985. The molecule has 0 N–H and O–H groups in total. The van der Waals surface area contributed by atoms with Crippen molar-refractivity contribution in [2.45, 2.75) is 4.90 Å². The summed E-state index contributed by atoms with van der Waals surface area (Å²) in [5.74, 6) is -2.28. The van der Waals surface area contributed by atoms with Crippen LogP contribution in [0.4, 0.5) is 8.78 Å². The minimum atomic E-state index is -4.33. The summed E-state index contributed by atoms with van der Waals surface area (Å²) < 4.78 is 52.2. The van der Waals surface area contributed by atoms with E-state index in [1.807, 2.05) is 0 Å². The first-order chi connectivity index (χ1) is 8.34. The fourth-order valence-corrected chi connectivity index (χ4v) is 3.83. The van der Waals surface area contributed by atoms with Crippen LogP contribution in [0.25, 0.3) is 0 Å². The van der Waals surface area contributed by atoms with Crippen LogP contribution in [0.5, 0.6) is 0 Å². The summed E-state index contributed by atoms with van der Waals surface area (Å²) in [6.07, 6.45) is 1.17. The third-order valence-electron chi connectivity index (χ3n) is 2.23. The third-order valence-corrected chi connectivity index (χ3v) is 4.81. The molecule has 2 rings (SSSR count). The highest BCUT2D eigenvalue weighted by Crippen LogP contribution is 2.25. The van der Waals surface area contributed by atoms with Crippen molar-refractivity contribution in [3.63, 3.8) is 0 Å². The van der Waals surface area contributed by atoms with E-state index >= 15 is 0 Å². The van der Waals surface area contributed by atoms with Gasteiger partial charge in [-0.05, 0) is 46.6 Å². The van der Waals surface area contributed by atoms with Crippen LogP contribution in [-0.4, -0.2) is 12.4 Å².